The van der Waals surface area contributed by atoms with E-state index in [0.717, 1.165) is 4.88 Å². The summed E-state index contributed by atoms with van der Waals surface area (Å²) in [6, 6.07) is 12.5. The minimum absolute atomic E-state index is 0.0207. The molecular formula is C20H22O5S. The van der Waals surface area contributed by atoms with Gasteiger partial charge in [0.15, 0.2) is 11.7 Å². The van der Waals surface area contributed by atoms with Crippen LogP contribution in [0.25, 0.3) is 0 Å². The minimum Gasteiger partial charge on any atom is -0.465 e. The predicted octanol–water partition coefficient (Wildman–Crippen LogP) is 3.85. The van der Waals surface area contributed by atoms with Crippen molar-refractivity contribution in [3.8, 4) is 0 Å². The van der Waals surface area contributed by atoms with Gasteiger partial charge in [0, 0.05) is 22.8 Å². The van der Waals surface area contributed by atoms with Crippen molar-refractivity contribution in [2.24, 2.45) is 5.92 Å². The summed E-state index contributed by atoms with van der Waals surface area (Å²) in [6.45, 7) is 3.65. The molecule has 0 saturated heterocycles. The molecule has 0 N–H and O–H groups in total. The van der Waals surface area contributed by atoms with Crippen LogP contribution in [0.4, 0.5) is 0 Å². The second-order valence-electron chi connectivity index (χ2n) is 5.60. The van der Waals surface area contributed by atoms with Gasteiger partial charge in [0.25, 0.3) is 0 Å². The van der Waals surface area contributed by atoms with E-state index in [1.54, 1.807) is 38.1 Å². The highest BCUT2D eigenvalue weighted by Gasteiger charge is 2.40. The maximum atomic E-state index is 12.7. The Balaban J connectivity index is 2.35. The molecule has 2 rings (SSSR count). The Labute approximate surface area is 156 Å². The molecule has 0 aliphatic heterocycles. The number of benzene rings is 1. The number of thiophene rings is 1. The van der Waals surface area contributed by atoms with Crippen molar-refractivity contribution >= 4 is 29.1 Å². The first-order chi connectivity index (χ1) is 12.6. The number of hydrogen-bond donors (Lipinski definition) is 0. The standard InChI is InChI=1S/C20H22O5S/c1-3-24-19(22)18(20(23)25-4-2)15(17-11-8-12-26-17)13-16(21)14-9-6-5-7-10-14/h5-12,15,18H,3-4,13H2,1-2H3/t15-/m0/s1. The molecule has 0 spiro atoms. The monoisotopic (exact) mass is 374 g/mol. The van der Waals surface area contributed by atoms with Crippen molar-refractivity contribution in [1.29, 1.82) is 0 Å². The van der Waals surface area contributed by atoms with Gasteiger partial charge in [-0.25, -0.2) is 0 Å². The second kappa shape index (κ2) is 9.87. The molecule has 1 aromatic heterocycles. The van der Waals surface area contributed by atoms with Gasteiger partial charge >= 0.3 is 11.9 Å². The molecular weight excluding hydrogens is 352 g/mol. The fourth-order valence-electron chi connectivity index (χ4n) is 2.72. The molecule has 1 heterocycles. The predicted molar refractivity (Wildman–Crippen MR) is 99.2 cm³/mol. The van der Waals surface area contributed by atoms with Crippen LogP contribution < -0.4 is 0 Å². The number of esters is 2. The second-order valence-corrected chi connectivity index (χ2v) is 6.58. The zero-order valence-corrected chi connectivity index (χ0v) is 15.7. The molecule has 1 aromatic carbocycles. The fourth-order valence-corrected chi connectivity index (χ4v) is 3.58. The van der Waals surface area contributed by atoms with Gasteiger partial charge in [-0.1, -0.05) is 36.4 Å². The first kappa shape index (κ1) is 19.8. The summed E-state index contributed by atoms with van der Waals surface area (Å²) in [6.07, 6.45) is 0.0207. The van der Waals surface area contributed by atoms with Crippen LogP contribution >= 0.6 is 11.3 Å². The number of ketones is 1. The number of carbonyl (C=O) groups is 3. The van der Waals surface area contributed by atoms with Gasteiger partial charge in [-0.2, -0.15) is 0 Å². The summed E-state index contributed by atoms with van der Waals surface area (Å²) in [4.78, 5) is 38.5. The maximum Gasteiger partial charge on any atom is 0.320 e. The van der Waals surface area contributed by atoms with Crippen LogP contribution in [0.3, 0.4) is 0 Å². The van der Waals surface area contributed by atoms with Gasteiger partial charge in [-0.15, -0.1) is 11.3 Å². The largest absolute Gasteiger partial charge is 0.465 e. The topological polar surface area (TPSA) is 69.7 Å². The third kappa shape index (κ3) is 5.02. The summed E-state index contributed by atoms with van der Waals surface area (Å²) >= 11 is 1.40. The van der Waals surface area contributed by atoms with E-state index < -0.39 is 23.8 Å². The first-order valence-electron chi connectivity index (χ1n) is 8.53. The molecule has 6 heteroatoms. The zero-order valence-electron chi connectivity index (χ0n) is 14.8. The molecule has 26 heavy (non-hydrogen) atoms. The van der Waals surface area contributed by atoms with Gasteiger partial charge < -0.3 is 9.47 Å². The van der Waals surface area contributed by atoms with Crippen LogP contribution in [-0.2, 0) is 19.1 Å². The molecule has 0 aliphatic rings. The molecule has 0 aliphatic carbocycles. The first-order valence-corrected chi connectivity index (χ1v) is 9.41. The van der Waals surface area contributed by atoms with Crippen molar-refractivity contribution in [2.45, 2.75) is 26.2 Å². The van der Waals surface area contributed by atoms with Gasteiger partial charge in [0.2, 0.25) is 0 Å². The van der Waals surface area contributed by atoms with Crippen molar-refractivity contribution in [3.05, 3.63) is 58.3 Å². The summed E-state index contributed by atoms with van der Waals surface area (Å²) in [5.74, 6) is -3.25. The average molecular weight is 374 g/mol. The number of ether oxygens (including phenoxy) is 2. The summed E-state index contributed by atoms with van der Waals surface area (Å²) in [5.41, 5.74) is 0.542. The smallest absolute Gasteiger partial charge is 0.320 e. The lowest BCUT2D eigenvalue weighted by Crippen LogP contribution is -2.34. The summed E-state index contributed by atoms with van der Waals surface area (Å²) in [7, 11) is 0. The molecule has 0 radical (unpaired) electrons. The van der Waals surface area contributed by atoms with Crippen LogP contribution in [0.5, 0.6) is 0 Å². The van der Waals surface area contributed by atoms with Crippen LogP contribution in [0.2, 0.25) is 0 Å². The van der Waals surface area contributed by atoms with Crippen molar-refractivity contribution in [2.75, 3.05) is 13.2 Å². The Bertz CT molecular complexity index is 706. The van der Waals surface area contributed by atoms with Crippen LogP contribution in [0.1, 0.15) is 41.4 Å². The molecule has 138 valence electrons. The number of hydrogen-bond acceptors (Lipinski definition) is 6. The molecule has 1 atom stereocenters. The minimum atomic E-state index is -1.17. The van der Waals surface area contributed by atoms with E-state index in [1.807, 2.05) is 23.6 Å². The highest BCUT2D eigenvalue weighted by atomic mass is 32.1. The van der Waals surface area contributed by atoms with E-state index in [0.29, 0.717) is 5.56 Å². The van der Waals surface area contributed by atoms with E-state index in [2.05, 4.69) is 0 Å². The van der Waals surface area contributed by atoms with Crippen molar-refractivity contribution in [1.82, 2.24) is 0 Å². The molecule has 0 amide bonds. The lowest BCUT2D eigenvalue weighted by molar-refractivity contribution is -0.162. The molecule has 0 fully saturated rings. The quantitative estimate of drug-likeness (QED) is 0.379. The Morgan fingerprint density at radius 3 is 2.04 bits per heavy atom. The molecule has 0 unspecified atom stereocenters. The SMILES string of the molecule is CCOC(=O)C(C(=O)OCC)[C@@H](CC(=O)c1ccccc1)c1cccs1. The van der Waals surface area contributed by atoms with E-state index in [-0.39, 0.29) is 25.4 Å². The van der Waals surface area contributed by atoms with Crippen LogP contribution in [0.15, 0.2) is 47.8 Å². The number of carbonyl (C=O) groups excluding carboxylic acids is 3. The molecule has 2 aromatic rings. The highest BCUT2D eigenvalue weighted by molar-refractivity contribution is 7.10. The molecule has 5 nitrogen and oxygen atoms in total. The van der Waals surface area contributed by atoms with Gasteiger partial charge in [-0.3, -0.25) is 14.4 Å². The summed E-state index contributed by atoms with van der Waals surface area (Å²) in [5, 5.41) is 1.85. The van der Waals surface area contributed by atoms with E-state index in [9.17, 15) is 14.4 Å². The normalized spacial score (nSPS) is 11.8. The van der Waals surface area contributed by atoms with Gasteiger partial charge in [0.1, 0.15) is 0 Å². The lowest BCUT2D eigenvalue weighted by atomic mass is 9.85. The Kier molecular flexibility index (Phi) is 7.53. The maximum absolute atomic E-state index is 12.7. The Morgan fingerprint density at radius 2 is 1.54 bits per heavy atom. The van der Waals surface area contributed by atoms with Gasteiger partial charge in [-0.05, 0) is 25.3 Å². The van der Waals surface area contributed by atoms with E-state index >= 15 is 0 Å². The van der Waals surface area contributed by atoms with Crippen molar-refractivity contribution < 1.29 is 23.9 Å². The lowest BCUT2D eigenvalue weighted by Gasteiger charge is -2.23. The summed E-state index contributed by atoms with van der Waals surface area (Å²) < 4.78 is 10.2. The number of Topliss-reactive ketones (excluding diaryl/α,β-unsaturated/α-hetero) is 1. The van der Waals surface area contributed by atoms with Crippen LogP contribution in [-0.4, -0.2) is 30.9 Å². The van der Waals surface area contributed by atoms with E-state index in [1.165, 1.54) is 11.3 Å². The molecule has 0 saturated carbocycles. The van der Waals surface area contributed by atoms with Crippen LogP contribution in [0, 0.1) is 5.92 Å². The molecule has 0 bridgehead atoms. The number of rotatable bonds is 9. The zero-order chi connectivity index (χ0) is 18.9. The fraction of sp³-hybridized carbons (Fsp3) is 0.350. The van der Waals surface area contributed by atoms with Crippen molar-refractivity contribution in [3.63, 3.8) is 0 Å². The Hall–Kier alpha value is -2.47. The average Bonchev–Trinajstić information content (AvgIpc) is 3.17. The van der Waals surface area contributed by atoms with E-state index in [4.69, 9.17) is 9.47 Å². The van der Waals surface area contributed by atoms with Gasteiger partial charge in [0.05, 0.1) is 13.2 Å². The third-order valence-corrected chi connectivity index (χ3v) is 4.90. The highest BCUT2D eigenvalue weighted by Crippen LogP contribution is 2.34. The Morgan fingerprint density at radius 1 is 0.923 bits per heavy atom. The third-order valence-electron chi connectivity index (χ3n) is 3.89.